The van der Waals surface area contributed by atoms with Crippen molar-refractivity contribution in [1.82, 2.24) is 10.6 Å². The van der Waals surface area contributed by atoms with Gasteiger partial charge in [-0.05, 0) is 13.8 Å². The molecule has 142 valence electrons. The van der Waals surface area contributed by atoms with Crippen molar-refractivity contribution < 1.29 is 137 Å². The van der Waals surface area contributed by atoms with Crippen LogP contribution < -0.4 is 132 Å². The molecule has 0 heterocycles. The van der Waals surface area contributed by atoms with Crippen molar-refractivity contribution >= 4 is 11.6 Å². The zero-order valence-electron chi connectivity index (χ0n) is 17.2. The monoisotopic (exact) mass is 535 g/mol. The second-order valence-electron chi connectivity index (χ2n) is 5.73. The molecule has 0 aliphatic rings. The maximum absolute atomic E-state index is 12.1. The van der Waals surface area contributed by atoms with Gasteiger partial charge in [0.15, 0.2) is 11.6 Å². The van der Waals surface area contributed by atoms with Gasteiger partial charge in [0.2, 0.25) is 0 Å². The molecule has 0 spiro atoms. The number of hydrogen-bond donors (Lipinski definition) is 2. The van der Waals surface area contributed by atoms with E-state index in [0.29, 0.717) is 29.2 Å². The summed E-state index contributed by atoms with van der Waals surface area (Å²) in [5, 5.41) is 17.2. The predicted molar refractivity (Wildman–Crippen MR) is 100 cm³/mol. The predicted octanol–water partition coefficient (Wildman–Crippen LogP) is -3.60. The third kappa shape index (κ3) is 12.0. The van der Waals surface area contributed by atoms with Gasteiger partial charge in [0.25, 0.3) is 0 Å². The maximum atomic E-state index is 12.1. The second kappa shape index (κ2) is 16.9. The first-order valence-electron chi connectivity index (χ1n) is 8.12. The van der Waals surface area contributed by atoms with Gasteiger partial charge in [-0.25, -0.2) is 0 Å². The van der Waals surface area contributed by atoms with E-state index in [2.05, 4.69) is 16.7 Å². The summed E-state index contributed by atoms with van der Waals surface area (Å²) in [5.74, 6) is -0.401. The fourth-order valence-electron chi connectivity index (χ4n) is 2.16. The van der Waals surface area contributed by atoms with Gasteiger partial charge >= 0.3 is 116 Å². The van der Waals surface area contributed by atoms with Crippen molar-refractivity contribution in [3.8, 4) is 5.75 Å². The number of nitrogens with one attached hydrogen (secondary N) is 2. The zero-order chi connectivity index (χ0) is 18.9. The average Bonchev–Trinajstić information content (AvgIpc) is 2.62. The van der Waals surface area contributed by atoms with Crippen molar-refractivity contribution in [3.63, 3.8) is 0 Å². The Morgan fingerprint density at radius 2 is 1.28 bits per heavy atom. The number of allylic oxidation sites excluding steroid dienone is 4. The maximum Gasteiger partial charge on any atom is 1.00 e. The molecule has 6 nitrogen and oxygen atoms in total. The molecular formula is C21H21N2O4Rb2-. The third-order valence-corrected chi connectivity index (χ3v) is 3.57. The average molecular weight is 536 g/mol. The molecule has 0 amide bonds. The second-order valence-corrected chi connectivity index (χ2v) is 5.73. The Labute approximate surface area is 269 Å². The third-order valence-electron chi connectivity index (χ3n) is 3.57. The SMILES string of the molecule is C/C(=C\C(=O)c1cc[c-]cc1)NCN/C(C)=C/C(=O)c1ccc([O-])cc1.[OH-].[Rb+].[Rb+]. The molecule has 0 radical (unpaired) electrons. The number of rotatable bonds is 8. The molecule has 0 bridgehead atoms. The summed E-state index contributed by atoms with van der Waals surface area (Å²) in [6.45, 7) is 3.93. The normalized spacial score (nSPS) is 10.6. The van der Waals surface area contributed by atoms with Gasteiger partial charge in [0.05, 0.1) is 6.67 Å². The Kier molecular flexibility index (Phi) is 18.3. The van der Waals surface area contributed by atoms with Gasteiger partial charge in [-0.1, -0.05) is 29.8 Å². The van der Waals surface area contributed by atoms with E-state index in [1.165, 1.54) is 36.4 Å². The van der Waals surface area contributed by atoms with Crippen LogP contribution in [0.25, 0.3) is 0 Å². The van der Waals surface area contributed by atoms with E-state index in [0.717, 1.165) is 0 Å². The van der Waals surface area contributed by atoms with Crippen LogP contribution in [0.5, 0.6) is 5.75 Å². The van der Waals surface area contributed by atoms with E-state index in [1.54, 1.807) is 38.1 Å². The molecule has 29 heavy (non-hydrogen) atoms. The Balaban J connectivity index is 0. The first kappa shape index (κ1) is 31.4. The van der Waals surface area contributed by atoms with Crippen molar-refractivity contribution in [2.24, 2.45) is 0 Å². The smallest absolute Gasteiger partial charge is 0.872 e. The molecule has 8 heteroatoms. The fraction of sp³-hybridized carbons (Fsp3) is 0.143. The van der Waals surface area contributed by atoms with Crippen LogP contribution in [0, 0.1) is 6.07 Å². The summed E-state index contributed by atoms with van der Waals surface area (Å²) in [4.78, 5) is 24.1. The van der Waals surface area contributed by atoms with Crippen LogP contribution in [0.1, 0.15) is 34.6 Å². The number of carbonyl (C=O) groups excluding carboxylic acids is 2. The fourth-order valence-corrected chi connectivity index (χ4v) is 2.16. The van der Waals surface area contributed by atoms with Gasteiger partial charge < -0.3 is 21.2 Å². The van der Waals surface area contributed by atoms with Crippen molar-refractivity contribution in [2.75, 3.05) is 6.67 Å². The van der Waals surface area contributed by atoms with Gasteiger partial charge in [0, 0.05) is 29.1 Å². The Bertz CT molecular complexity index is 836. The standard InChI is InChI=1S/C21H21N2O3.H2O.2Rb/c1-15(12-20(25)17-6-4-3-5-7-17)22-14-23-16(2)13-21(26)18-8-10-19(24)11-9-18;;;/h4-13,22-24H,14H2,1-2H3;1H2;;/q-1;;2*+1/p-2/b15-12+,16-13+;;;. The summed E-state index contributed by atoms with van der Waals surface area (Å²) in [5.41, 5.74) is 2.44. The van der Waals surface area contributed by atoms with E-state index in [9.17, 15) is 14.7 Å². The van der Waals surface area contributed by atoms with Crippen LogP contribution in [0.3, 0.4) is 0 Å². The van der Waals surface area contributed by atoms with Crippen molar-refractivity contribution in [1.29, 1.82) is 0 Å². The van der Waals surface area contributed by atoms with E-state index < -0.39 is 0 Å². The minimum Gasteiger partial charge on any atom is -0.872 e. The number of hydrogen-bond acceptors (Lipinski definition) is 6. The quantitative estimate of drug-likeness (QED) is 0.156. The molecule has 3 N–H and O–H groups in total. The largest absolute Gasteiger partial charge is 1.00 e. The van der Waals surface area contributed by atoms with E-state index in [1.807, 2.05) is 0 Å². The summed E-state index contributed by atoms with van der Waals surface area (Å²) < 4.78 is 0. The van der Waals surface area contributed by atoms with E-state index in [-0.39, 0.29) is 139 Å². The molecule has 0 aliphatic heterocycles. The Morgan fingerprint density at radius 3 is 1.72 bits per heavy atom. The zero-order valence-corrected chi connectivity index (χ0v) is 27.0. The first-order chi connectivity index (χ1) is 12.5. The number of benzene rings is 2. The van der Waals surface area contributed by atoms with Gasteiger partial charge in [-0.15, -0.1) is 5.75 Å². The van der Waals surface area contributed by atoms with Crippen LogP contribution in [-0.4, -0.2) is 23.7 Å². The summed E-state index contributed by atoms with van der Waals surface area (Å²) in [6.07, 6.45) is 2.98. The molecule has 0 saturated heterocycles. The minimum atomic E-state index is -0.182. The van der Waals surface area contributed by atoms with Crippen LogP contribution >= 0.6 is 0 Å². The topological polar surface area (TPSA) is 111 Å². The molecule has 0 unspecified atom stereocenters. The molecule has 0 saturated carbocycles. The molecular weight excluding hydrogens is 515 g/mol. The van der Waals surface area contributed by atoms with E-state index in [4.69, 9.17) is 0 Å². The Morgan fingerprint density at radius 1 is 0.862 bits per heavy atom. The van der Waals surface area contributed by atoms with Crippen molar-refractivity contribution in [3.05, 3.63) is 89.3 Å². The van der Waals surface area contributed by atoms with Gasteiger partial charge in [-0.2, -0.15) is 30.3 Å². The molecule has 0 atom stereocenters. The molecule has 0 aromatic heterocycles. The molecule has 0 aliphatic carbocycles. The first-order valence-corrected chi connectivity index (χ1v) is 8.12. The van der Waals surface area contributed by atoms with Gasteiger partial charge in [-0.3, -0.25) is 9.59 Å². The van der Waals surface area contributed by atoms with Gasteiger partial charge in [0.1, 0.15) is 0 Å². The van der Waals surface area contributed by atoms with Crippen LogP contribution in [-0.2, 0) is 0 Å². The molecule has 2 aromatic rings. The van der Waals surface area contributed by atoms with Crippen LogP contribution in [0.4, 0.5) is 0 Å². The summed E-state index contributed by atoms with van der Waals surface area (Å²) in [6, 6.07) is 15.4. The Hall–Kier alpha value is 0.230. The summed E-state index contributed by atoms with van der Waals surface area (Å²) >= 11 is 0. The van der Waals surface area contributed by atoms with Crippen molar-refractivity contribution in [2.45, 2.75) is 13.8 Å². The molecule has 2 aromatic carbocycles. The minimum absolute atomic E-state index is 0. The van der Waals surface area contributed by atoms with Crippen LogP contribution in [0.15, 0.2) is 72.1 Å². The summed E-state index contributed by atoms with van der Waals surface area (Å²) in [7, 11) is 0. The van der Waals surface area contributed by atoms with Crippen LogP contribution in [0.2, 0.25) is 0 Å². The number of carbonyl (C=O) groups is 2. The van der Waals surface area contributed by atoms with E-state index >= 15 is 0 Å². The number of ketones is 2. The molecule has 0 fully saturated rings. The molecule has 2 rings (SSSR count).